The first-order valence-electron chi connectivity index (χ1n) is 12.1. The second-order valence-corrected chi connectivity index (χ2v) is 9.15. The van der Waals surface area contributed by atoms with Crippen LogP contribution in [0, 0.1) is 5.82 Å². The Balaban J connectivity index is 1.32. The van der Waals surface area contributed by atoms with Crippen LogP contribution in [0.3, 0.4) is 0 Å². The number of para-hydroxylation sites is 1. The summed E-state index contributed by atoms with van der Waals surface area (Å²) in [6, 6.07) is 22.9. The van der Waals surface area contributed by atoms with Crippen molar-refractivity contribution in [3.63, 3.8) is 0 Å². The molecule has 2 unspecified atom stereocenters. The number of amides is 1. The third-order valence-electron chi connectivity index (χ3n) is 6.41. The van der Waals surface area contributed by atoms with Gasteiger partial charge in [0.05, 0.1) is 0 Å². The van der Waals surface area contributed by atoms with E-state index in [1.54, 1.807) is 36.4 Å². The van der Waals surface area contributed by atoms with E-state index in [0.717, 1.165) is 11.1 Å². The zero-order chi connectivity index (χ0) is 25.5. The summed E-state index contributed by atoms with van der Waals surface area (Å²) >= 11 is 0. The fourth-order valence-electron chi connectivity index (χ4n) is 4.37. The average molecular weight is 491 g/mol. The Kier molecular flexibility index (Phi) is 8.33. The van der Waals surface area contributed by atoms with Gasteiger partial charge in [-0.25, -0.2) is 9.18 Å². The zero-order valence-corrected chi connectivity index (χ0v) is 20.6. The van der Waals surface area contributed by atoms with E-state index in [1.165, 1.54) is 12.1 Å². The van der Waals surface area contributed by atoms with Gasteiger partial charge in [0.1, 0.15) is 23.7 Å². The number of ether oxygens (including phenoxy) is 2. The second-order valence-electron chi connectivity index (χ2n) is 9.15. The summed E-state index contributed by atoms with van der Waals surface area (Å²) in [5, 5.41) is 0. The summed E-state index contributed by atoms with van der Waals surface area (Å²) in [5.41, 5.74) is 2.21. The molecule has 0 aromatic heterocycles. The molecule has 2 atom stereocenters. The maximum Gasteiger partial charge on any atom is 0.342 e. The highest BCUT2D eigenvalue weighted by atomic mass is 19.1. The number of benzene rings is 3. The Labute approximate surface area is 211 Å². The number of carbonyl (C=O) groups is 2. The number of rotatable bonds is 8. The van der Waals surface area contributed by atoms with Crippen LogP contribution in [0.25, 0.3) is 0 Å². The maximum absolute atomic E-state index is 13.2. The van der Waals surface area contributed by atoms with Crippen LogP contribution >= 0.6 is 0 Å². The fourth-order valence-corrected chi connectivity index (χ4v) is 4.37. The summed E-state index contributed by atoms with van der Waals surface area (Å²) in [7, 11) is 0. The summed E-state index contributed by atoms with van der Waals surface area (Å²) in [5.74, 6) is -0.567. The predicted octanol–water partition coefficient (Wildman–Crippen LogP) is 4.68. The van der Waals surface area contributed by atoms with Crippen LogP contribution < -0.4 is 4.74 Å². The van der Waals surface area contributed by atoms with Gasteiger partial charge in [0.15, 0.2) is 6.61 Å². The number of hydrogen-bond acceptors (Lipinski definition) is 5. The van der Waals surface area contributed by atoms with E-state index in [2.05, 4.69) is 11.8 Å². The van der Waals surface area contributed by atoms with Gasteiger partial charge >= 0.3 is 5.97 Å². The molecule has 1 fully saturated rings. The van der Waals surface area contributed by atoms with E-state index < -0.39 is 5.97 Å². The van der Waals surface area contributed by atoms with E-state index >= 15 is 0 Å². The van der Waals surface area contributed by atoms with E-state index in [0.29, 0.717) is 25.4 Å². The smallest absolute Gasteiger partial charge is 0.342 e. The molecule has 6 nitrogen and oxygen atoms in total. The summed E-state index contributed by atoms with van der Waals surface area (Å²) in [6.07, 6.45) is 0. The Bertz CT molecular complexity index is 1170. The Morgan fingerprint density at radius 1 is 0.861 bits per heavy atom. The Hall–Kier alpha value is -3.71. The van der Waals surface area contributed by atoms with Crippen LogP contribution in [-0.2, 0) is 22.7 Å². The Morgan fingerprint density at radius 3 is 2.31 bits per heavy atom. The van der Waals surface area contributed by atoms with Crippen molar-refractivity contribution < 1.29 is 23.5 Å². The molecule has 0 bridgehead atoms. The van der Waals surface area contributed by atoms with Crippen molar-refractivity contribution in [2.75, 3.05) is 19.7 Å². The SMILES string of the molecule is CC1CN(C(=O)COc2ccccc2C(=O)OCc2ccccc2)C(C)CN1Cc1ccc(F)cc1. The number of carbonyl (C=O) groups excluding carboxylic acids is 2. The molecule has 1 aliphatic rings. The lowest BCUT2D eigenvalue weighted by Gasteiger charge is -2.44. The van der Waals surface area contributed by atoms with Crippen molar-refractivity contribution in [2.45, 2.75) is 39.1 Å². The van der Waals surface area contributed by atoms with Gasteiger partial charge in [-0.05, 0) is 49.2 Å². The van der Waals surface area contributed by atoms with E-state index in [9.17, 15) is 14.0 Å². The van der Waals surface area contributed by atoms with Gasteiger partial charge in [0.2, 0.25) is 0 Å². The molecule has 3 aromatic carbocycles. The van der Waals surface area contributed by atoms with Crippen LogP contribution in [0.15, 0.2) is 78.9 Å². The van der Waals surface area contributed by atoms with Crippen molar-refractivity contribution in [3.05, 3.63) is 101 Å². The molecule has 3 aromatic rings. The molecular weight excluding hydrogens is 459 g/mol. The van der Waals surface area contributed by atoms with Crippen molar-refractivity contribution in [1.82, 2.24) is 9.80 Å². The quantitative estimate of drug-likeness (QED) is 0.429. The molecule has 36 heavy (non-hydrogen) atoms. The molecule has 1 saturated heterocycles. The van der Waals surface area contributed by atoms with Gasteiger partial charge < -0.3 is 14.4 Å². The normalized spacial score (nSPS) is 18.0. The van der Waals surface area contributed by atoms with E-state index in [1.807, 2.05) is 42.2 Å². The van der Waals surface area contributed by atoms with Crippen molar-refractivity contribution in [1.29, 1.82) is 0 Å². The fraction of sp³-hybridized carbons (Fsp3) is 0.310. The first-order chi connectivity index (χ1) is 17.4. The third kappa shape index (κ3) is 6.49. The van der Waals surface area contributed by atoms with Crippen LogP contribution in [0.2, 0.25) is 0 Å². The van der Waals surface area contributed by atoms with Crippen LogP contribution in [0.5, 0.6) is 5.75 Å². The van der Waals surface area contributed by atoms with E-state index in [4.69, 9.17) is 9.47 Å². The zero-order valence-electron chi connectivity index (χ0n) is 20.6. The first kappa shape index (κ1) is 25.4. The summed E-state index contributed by atoms with van der Waals surface area (Å²) in [6.45, 7) is 6.04. The molecule has 0 radical (unpaired) electrons. The van der Waals surface area contributed by atoms with Crippen LogP contribution in [0.1, 0.15) is 35.3 Å². The minimum Gasteiger partial charge on any atom is -0.483 e. The number of hydrogen-bond donors (Lipinski definition) is 0. The molecule has 0 spiro atoms. The molecule has 1 heterocycles. The summed E-state index contributed by atoms with van der Waals surface area (Å²) < 4.78 is 24.5. The molecule has 0 saturated carbocycles. The monoisotopic (exact) mass is 490 g/mol. The number of nitrogens with zero attached hydrogens (tertiary/aromatic N) is 2. The number of halogens is 1. The largest absolute Gasteiger partial charge is 0.483 e. The van der Waals surface area contributed by atoms with Gasteiger partial charge in [-0.2, -0.15) is 0 Å². The molecule has 188 valence electrons. The lowest BCUT2D eigenvalue weighted by Crippen LogP contribution is -2.58. The van der Waals surface area contributed by atoms with Crippen molar-refractivity contribution >= 4 is 11.9 Å². The topological polar surface area (TPSA) is 59.1 Å². The van der Waals surface area contributed by atoms with Crippen molar-refractivity contribution in [3.8, 4) is 5.75 Å². The predicted molar refractivity (Wildman–Crippen MR) is 135 cm³/mol. The molecule has 1 aliphatic heterocycles. The molecule has 0 N–H and O–H groups in total. The average Bonchev–Trinajstić information content (AvgIpc) is 2.90. The second kappa shape index (κ2) is 11.8. The van der Waals surface area contributed by atoms with Gasteiger partial charge in [-0.15, -0.1) is 0 Å². The van der Waals surface area contributed by atoms with E-state index in [-0.39, 0.29) is 42.6 Å². The highest BCUT2D eigenvalue weighted by molar-refractivity contribution is 5.92. The third-order valence-corrected chi connectivity index (χ3v) is 6.41. The standard InChI is InChI=1S/C29H31FN2O4/c1-21-17-32(22(2)16-31(21)18-23-12-14-25(30)15-13-23)28(33)20-35-27-11-7-6-10-26(27)29(34)36-19-24-8-4-3-5-9-24/h3-15,21-22H,16-20H2,1-2H3. The Morgan fingerprint density at radius 2 is 1.56 bits per heavy atom. The molecule has 7 heteroatoms. The molecule has 1 amide bonds. The summed E-state index contributed by atoms with van der Waals surface area (Å²) in [4.78, 5) is 29.8. The van der Waals surface area contributed by atoms with Gasteiger partial charge in [-0.3, -0.25) is 9.69 Å². The number of piperazine rings is 1. The maximum atomic E-state index is 13.2. The lowest BCUT2D eigenvalue weighted by atomic mass is 10.1. The highest BCUT2D eigenvalue weighted by Gasteiger charge is 2.32. The van der Waals surface area contributed by atoms with Crippen LogP contribution in [0.4, 0.5) is 4.39 Å². The van der Waals surface area contributed by atoms with Crippen molar-refractivity contribution in [2.24, 2.45) is 0 Å². The first-order valence-corrected chi connectivity index (χ1v) is 12.1. The highest BCUT2D eigenvalue weighted by Crippen LogP contribution is 2.22. The van der Waals surface area contributed by atoms with Gasteiger partial charge in [0.25, 0.3) is 5.91 Å². The molecule has 0 aliphatic carbocycles. The van der Waals surface area contributed by atoms with Crippen LogP contribution in [-0.4, -0.2) is 53.5 Å². The lowest BCUT2D eigenvalue weighted by molar-refractivity contribution is -0.139. The minimum absolute atomic E-state index is 0.0103. The van der Waals surface area contributed by atoms with Gasteiger partial charge in [-0.1, -0.05) is 54.6 Å². The number of esters is 1. The molecule has 4 rings (SSSR count). The van der Waals surface area contributed by atoms with Gasteiger partial charge in [0, 0.05) is 31.7 Å². The molecular formula is C29H31FN2O4. The minimum atomic E-state index is -0.502.